The van der Waals surface area contributed by atoms with Crippen molar-refractivity contribution in [3.63, 3.8) is 0 Å². The van der Waals surface area contributed by atoms with E-state index < -0.39 is 0 Å². The molecule has 1 saturated heterocycles. The van der Waals surface area contributed by atoms with Crippen LogP contribution in [-0.2, 0) is 4.79 Å². The summed E-state index contributed by atoms with van der Waals surface area (Å²) < 4.78 is 0. The Hall–Kier alpha value is -2.24. The van der Waals surface area contributed by atoms with E-state index in [-0.39, 0.29) is 12.5 Å². The number of piperazine rings is 1. The van der Waals surface area contributed by atoms with Crippen molar-refractivity contribution in [3.05, 3.63) is 53.6 Å². The molecular weight excluding hydrogens is 336 g/mol. The Morgan fingerprint density at radius 3 is 2.20 bits per heavy atom. The zero-order valence-electron chi connectivity index (χ0n) is 14.3. The lowest BCUT2D eigenvalue weighted by Crippen LogP contribution is -2.44. The maximum Gasteiger partial charge on any atom is 0.243 e. The Morgan fingerprint density at radius 2 is 1.56 bits per heavy atom. The van der Waals surface area contributed by atoms with Crippen molar-refractivity contribution in [2.45, 2.75) is 0 Å². The van der Waals surface area contributed by atoms with Gasteiger partial charge in [-0.05, 0) is 55.6 Å². The first-order chi connectivity index (χ1) is 12.1. The summed E-state index contributed by atoms with van der Waals surface area (Å²) >= 11 is 5.83. The molecule has 1 aliphatic rings. The van der Waals surface area contributed by atoms with Crippen molar-refractivity contribution in [2.75, 3.05) is 55.3 Å². The molecule has 25 heavy (non-hydrogen) atoms. The number of benzene rings is 2. The van der Waals surface area contributed by atoms with Gasteiger partial charge in [-0.2, -0.15) is 0 Å². The standard InChI is InChI=1S/C19H23ClN4O/c1-23-10-12-24(13-11-23)18-8-6-16(7-9-18)21-14-19(25)22-17-4-2-15(20)3-5-17/h2-9,21H,10-14H2,1H3,(H,22,25). The molecule has 0 spiro atoms. The van der Waals surface area contributed by atoms with Gasteiger partial charge in [-0.1, -0.05) is 11.6 Å². The number of likely N-dealkylation sites (N-methyl/N-ethyl adjacent to an activating group) is 1. The monoisotopic (exact) mass is 358 g/mol. The predicted molar refractivity (Wildman–Crippen MR) is 105 cm³/mol. The average molecular weight is 359 g/mol. The number of amides is 1. The lowest BCUT2D eigenvalue weighted by molar-refractivity contribution is -0.114. The first-order valence-electron chi connectivity index (χ1n) is 8.43. The number of nitrogens with one attached hydrogen (secondary N) is 2. The smallest absolute Gasteiger partial charge is 0.243 e. The van der Waals surface area contributed by atoms with E-state index in [9.17, 15) is 4.79 Å². The topological polar surface area (TPSA) is 47.6 Å². The fourth-order valence-electron chi connectivity index (χ4n) is 2.78. The van der Waals surface area contributed by atoms with Crippen LogP contribution in [0.25, 0.3) is 0 Å². The van der Waals surface area contributed by atoms with Crippen molar-refractivity contribution in [3.8, 4) is 0 Å². The largest absolute Gasteiger partial charge is 0.376 e. The van der Waals surface area contributed by atoms with Gasteiger partial charge < -0.3 is 20.4 Å². The summed E-state index contributed by atoms with van der Waals surface area (Å²) in [4.78, 5) is 16.7. The van der Waals surface area contributed by atoms with Gasteiger partial charge in [-0.25, -0.2) is 0 Å². The van der Waals surface area contributed by atoms with Crippen LogP contribution < -0.4 is 15.5 Å². The fraction of sp³-hybridized carbons (Fsp3) is 0.316. The Balaban J connectivity index is 1.48. The third-order valence-electron chi connectivity index (χ3n) is 4.32. The molecule has 2 aromatic rings. The van der Waals surface area contributed by atoms with Crippen LogP contribution in [0.5, 0.6) is 0 Å². The Bertz CT molecular complexity index is 694. The normalized spacial score (nSPS) is 15.0. The molecule has 1 fully saturated rings. The van der Waals surface area contributed by atoms with Gasteiger partial charge in [-0.3, -0.25) is 4.79 Å². The molecule has 2 N–H and O–H groups in total. The van der Waals surface area contributed by atoms with Gasteiger partial charge in [0.1, 0.15) is 0 Å². The summed E-state index contributed by atoms with van der Waals surface area (Å²) in [6.07, 6.45) is 0. The van der Waals surface area contributed by atoms with Crippen LogP contribution >= 0.6 is 11.6 Å². The minimum absolute atomic E-state index is 0.0922. The molecule has 0 saturated carbocycles. The van der Waals surface area contributed by atoms with Crippen LogP contribution in [0.3, 0.4) is 0 Å². The van der Waals surface area contributed by atoms with E-state index in [0.29, 0.717) is 5.02 Å². The van der Waals surface area contributed by atoms with E-state index in [2.05, 4.69) is 39.6 Å². The minimum Gasteiger partial charge on any atom is -0.376 e. The molecule has 0 aromatic heterocycles. The number of rotatable bonds is 5. The van der Waals surface area contributed by atoms with Crippen molar-refractivity contribution >= 4 is 34.6 Å². The Morgan fingerprint density at radius 1 is 0.960 bits per heavy atom. The van der Waals surface area contributed by atoms with Gasteiger partial charge in [0.05, 0.1) is 6.54 Å². The minimum atomic E-state index is -0.0922. The summed E-state index contributed by atoms with van der Waals surface area (Å²) in [7, 11) is 2.15. The van der Waals surface area contributed by atoms with Crippen molar-refractivity contribution < 1.29 is 4.79 Å². The van der Waals surface area contributed by atoms with Gasteiger partial charge in [0.2, 0.25) is 5.91 Å². The number of carbonyl (C=O) groups excluding carboxylic acids is 1. The van der Waals surface area contributed by atoms with Crippen molar-refractivity contribution in [1.82, 2.24) is 4.90 Å². The van der Waals surface area contributed by atoms with Crippen LogP contribution in [-0.4, -0.2) is 50.6 Å². The maximum atomic E-state index is 12.0. The second kappa shape index (κ2) is 8.23. The molecule has 1 aliphatic heterocycles. The van der Waals surface area contributed by atoms with E-state index in [0.717, 1.165) is 37.6 Å². The Labute approximate surface area is 153 Å². The highest BCUT2D eigenvalue weighted by Crippen LogP contribution is 2.19. The van der Waals surface area contributed by atoms with Crippen molar-refractivity contribution in [2.24, 2.45) is 0 Å². The molecule has 1 amide bonds. The first-order valence-corrected chi connectivity index (χ1v) is 8.81. The molecule has 0 unspecified atom stereocenters. The van der Waals surface area contributed by atoms with Gasteiger partial charge in [0.25, 0.3) is 0 Å². The molecule has 1 heterocycles. The lowest BCUT2D eigenvalue weighted by atomic mass is 10.2. The molecule has 0 bridgehead atoms. The highest BCUT2D eigenvalue weighted by atomic mass is 35.5. The Kier molecular flexibility index (Phi) is 5.79. The van der Waals surface area contributed by atoms with E-state index in [1.165, 1.54) is 5.69 Å². The highest BCUT2D eigenvalue weighted by molar-refractivity contribution is 6.30. The van der Waals surface area contributed by atoms with E-state index >= 15 is 0 Å². The quantitative estimate of drug-likeness (QED) is 0.862. The lowest BCUT2D eigenvalue weighted by Gasteiger charge is -2.34. The molecule has 0 radical (unpaired) electrons. The third-order valence-corrected chi connectivity index (χ3v) is 4.57. The van der Waals surface area contributed by atoms with Gasteiger partial charge >= 0.3 is 0 Å². The van der Waals surface area contributed by atoms with Gasteiger partial charge in [0.15, 0.2) is 0 Å². The number of hydrogen-bond donors (Lipinski definition) is 2. The fourth-order valence-corrected chi connectivity index (χ4v) is 2.90. The maximum absolute atomic E-state index is 12.0. The van der Waals surface area contributed by atoms with Crippen LogP contribution in [0.15, 0.2) is 48.5 Å². The molecule has 6 heteroatoms. The molecule has 0 aliphatic carbocycles. The zero-order chi connectivity index (χ0) is 17.6. The molecule has 132 valence electrons. The second-order valence-corrected chi connectivity index (χ2v) is 6.68. The SMILES string of the molecule is CN1CCN(c2ccc(NCC(=O)Nc3ccc(Cl)cc3)cc2)CC1. The van der Waals surface area contributed by atoms with Gasteiger partial charge in [0, 0.05) is 48.3 Å². The van der Waals surface area contributed by atoms with E-state index in [1.54, 1.807) is 24.3 Å². The number of nitrogens with zero attached hydrogens (tertiary/aromatic N) is 2. The second-order valence-electron chi connectivity index (χ2n) is 6.25. The molecule has 0 atom stereocenters. The van der Waals surface area contributed by atoms with Gasteiger partial charge in [-0.15, -0.1) is 0 Å². The zero-order valence-corrected chi connectivity index (χ0v) is 15.1. The predicted octanol–water partition coefficient (Wildman–Crippen LogP) is 3.14. The average Bonchev–Trinajstić information content (AvgIpc) is 2.63. The summed E-state index contributed by atoms with van der Waals surface area (Å²) in [5.41, 5.74) is 2.90. The number of hydrogen-bond acceptors (Lipinski definition) is 4. The molecule has 2 aromatic carbocycles. The number of anilines is 3. The highest BCUT2D eigenvalue weighted by Gasteiger charge is 2.13. The summed E-state index contributed by atoms with van der Waals surface area (Å²) in [5.74, 6) is -0.0922. The molecule has 3 rings (SSSR count). The molecule has 5 nitrogen and oxygen atoms in total. The van der Waals surface area contributed by atoms with Crippen LogP contribution in [0.2, 0.25) is 5.02 Å². The van der Waals surface area contributed by atoms with Crippen LogP contribution in [0.1, 0.15) is 0 Å². The summed E-state index contributed by atoms with van der Waals surface area (Å²) in [6.45, 7) is 4.49. The summed E-state index contributed by atoms with van der Waals surface area (Å²) in [6, 6.07) is 15.3. The first kappa shape index (κ1) is 17.6. The number of halogens is 1. The molecular formula is C19H23ClN4O. The summed E-state index contributed by atoms with van der Waals surface area (Å²) in [5, 5.41) is 6.63. The van der Waals surface area contributed by atoms with Crippen molar-refractivity contribution in [1.29, 1.82) is 0 Å². The van der Waals surface area contributed by atoms with Crippen LogP contribution in [0.4, 0.5) is 17.1 Å². The van der Waals surface area contributed by atoms with E-state index in [4.69, 9.17) is 11.6 Å². The third kappa shape index (κ3) is 5.11. The van der Waals surface area contributed by atoms with Crippen LogP contribution in [0, 0.1) is 0 Å². The number of carbonyl (C=O) groups is 1. The van der Waals surface area contributed by atoms with E-state index in [1.807, 2.05) is 12.1 Å².